The van der Waals surface area contributed by atoms with Crippen molar-refractivity contribution >= 4 is 11.9 Å². The van der Waals surface area contributed by atoms with E-state index in [1.54, 1.807) is 0 Å². The quantitative estimate of drug-likeness (QED) is 0.714. The van der Waals surface area contributed by atoms with Crippen LogP contribution in [0.3, 0.4) is 0 Å². The van der Waals surface area contributed by atoms with E-state index in [0.29, 0.717) is 6.61 Å². The van der Waals surface area contributed by atoms with Crippen molar-refractivity contribution in [2.75, 3.05) is 26.2 Å². The molecule has 0 aromatic heterocycles. The summed E-state index contributed by atoms with van der Waals surface area (Å²) < 4.78 is 13.2. The summed E-state index contributed by atoms with van der Waals surface area (Å²) in [4.78, 5) is 20.7. The molecule has 1 unspecified atom stereocenters. The largest absolute Gasteiger partial charge is 0.473 e. The molecular formula is C24H27NO6. The van der Waals surface area contributed by atoms with Crippen molar-refractivity contribution < 1.29 is 29.3 Å². The van der Waals surface area contributed by atoms with E-state index >= 15 is 0 Å². The standard InChI is InChI=1S/C22H25NO2.C2H2O4/c1-3-9-20-17(7-1)11-12-18-8-2-4-10-21(18)22(20)24-16-19(25-22)15-23-13-5-6-14-23;3-1(4)2(5)6/h1-4,7-10,19H,5-6,11-16H2;(H,3,4)(H,5,6). The predicted octanol–water partition coefficient (Wildman–Crippen LogP) is 2.65. The molecule has 0 radical (unpaired) electrons. The molecule has 0 amide bonds. The van der Waals surface area contributed by atoms with Crippen LogP contribution in [0.1, 0.15) is 35.1 Å². The highest BCUT2D eigenvalue weighted by atomic mass is 16.7. The third-order valence-corrected chi connectivity index (χ3v) is 6.06. The van der Waals surface area contributed by atoms with Gasteiger partial charge in [0.25, 0.3) is 0 Å². The molecule has 0 bridgehead atoms. The van der Waals surface area contributed by atoms with Crippen LogP contribution < -0.4 is 0 Å². The summed E-state index contributed by atoms with van der Waals surface area (Å²) in [7, 11) is 0. The van der Waals surface area contributed by atoms with Gasteiger partial charge in [0.2, 0.25) is 5.79 Å². The summed E-state index contributed by atoms with van der Waals surface area (Å²) in [6, 6.07) is 17.3. The summed E-state index contributed by atoms with van der Waals surface area (Å²) in [5.41, 5.74) is 5.09. The lowest BCUT2D eigenvalue weighted by Gasteiger charge is -2.31. The van der Waals surface area contributed by atoms with E-state index in [4.69, 9.17) is 29.3 Å². The highest BCUT2D eigenvalue weighted by Gasteiger charge is 2.48. The van der Waals surface area contributed by atoms with Gasteiger partial charge in [-0.3, -0.25) is 0 Å². The van der Waals surface area contributed by atoms with Crippen LogP contribution in [0.15, 0.2) is 48.5 Å². The first-order valence-electron chi connectivity index (χ1n) is 10.7. The van der Waals surface area contributed by atoms with Crippen LogP contribution in [-0.2, 0) is 37.7 Å². The number of rotatable bonds is 2. The lowest BCUT2D eigenvalue weighted by molar-refractivity contribution is -0.159. The Labute approximate surface area is 181 Å². The number of hydrogen-bond acceptors (Lipinski definition) is 5. The summed E-state index contributed by atoms with van der Waals surface area (Å²) in [5.74, 6) is -4.38. The zero-order valence-electron chi connectivity index (χ0n) is 17.3. The summed E-state index contributed by atoms with van der Waals surface area (Å²) >= 11 is 0. The second-order valence-corrected chi connectivity index (χ2v) is 8.10. The molecule has 1 spiro atoms. The van der Waals surface area contributed by atoms with Crippen LogP contribution in [0.25, 0.3) is 0 Å². The molecule has 2 heterocycles. The molecule has 2 aliphatic heterocycles. The number of carboxylic acid groups (broad SMARTS) is 2. The first kappa shape index (κ1) is 21.5. The first-order chi connectivity index (χ1) is 15.0. The predicted molar refractivity (Wildman–Crippen MR) is 113 cm³/mol. The molecule has 7 heteroatoms. The molecule has 2 aromatic rings. The van der Waals surface area contributed by atoms with E-state index in [1.807, 2.05) is 0 Å². The van der Waals surface area contributed by atoms with Crippen LogP contribution in [0.2, 0.25) is 0 Å². The lowest BCUT2D eigenvalue weighted by atomic mass is 9.93. The molecule has 2 N–H and O–H groups in total. The molecule has 164 valence electrons. The molecule has 7 nitrogen and oxygen atoms in total. The highest BCUT2D eigenvalue weighted by molar-refractivity contribution is 6.27. The van der Waals surface area contributed by atoms with Crippen LogP contribution >= 0.6 is 0 Å². The number of ether oxygens (including phenoxy) is 2. The minimum atomic E-state index is -1.82. The maximum atomic E-state index is 9.10. The Hall–Kier alpha value is -2.74. The van der Waals surface area contributed by atoms with Gasteiger partial charge in [0.1, 0.15) is 0 Å². The Morgan fingerprint density at radius 1 is 0.903 bits per heavy atom. The Bertz CT molecular complexity index is 893. The van der Waals surface area contributed by atoms with Gasteiger partial charge in [0, 0.05) is 17.7 Å². The van der Waals surface area contributed by atoms with Gasteiger partial charge in [0.15, 0.2) is 0 Å². The topological polar surface area (TPSA) is 96.3 Å². The molecular weight excluding hydrogens is 398 g/mol. The third-order valence-electron chi connectivity index (χ3n) is 6.06. The normalized spacial score (nSPS) is 21.5. The first-order valence-corrected chi connectivity index (χ1v) is 10.7. The second kappa shape index (κ2) is 9.18. The van der Waals surface area contributed by atoms with Crippen LogP contribution in [0, 0.1) is 0 Å². The van der Waals surface area contributed by atoms with Crippen molar-refractivity contribution in [3.8, 4) is 0 Å². The van der Waals surface area contributed by atoms with Crippen molar-refractivity contribution in [2.24, 2.45) is 0 Å². The highest BCUT2D eigenvalue weighted by Crippen LogP contribution is 2.45. The molecule has 1 aliphatic carbocycles. The monoisotopic (exact) mass is 425 g/mol. The van der Waals surface area contributed by atoms with Crippen molar-refractivity contribution in [2.45, 2.75) is 37.6 Å². The lowest BCUT2D eigenvalue weighted by Crippen LogP contribution is -2.35. The van der Waals surface area contributed by atoms with E-state index in [9.17, 15) is 0 Å². The van der Waals surface area contributed by atoms with E-state index in [0.717, 1.165) is 19.4 Å². The minimum absolute atomic E-state index is 0.136. The summed E-state index contributed by atoms with van der Waals surface area (Å²) in [6.07, 6.45) is 4.84. The minimum Gasteiger partial charge on any atom is -0.473 e. The zero-order chi connectivity index (χ0) is 21.8. The number of likely N-dealkylation sites (tertiary alicyclic amines) is 1. The van der Waals surface area contributed by atoms with Crippen LogP contribution in [-0.4, -0.2) is 59.4 Å². The number of hydrogen-bond donors (Lipinski definition) is 2. The van der Waals surface area contributed by atoms with Crippen LogP contribution in [0.5, 0.6) is 0 Å². The van der Waals surface area contributed by atoms with Crippen LogP contribution in [0.4, 0.5) is 0 Å². The van der Waals surface area contributed by atoms with E-state index < -0.39 is 17.7 Å². The number of aliphatic carboxylic acids is 2. The molecule has 2 fully saturated rings. The third kappa shape index (κ3) is 4.49. The van der Waals surface area contributed by atoms with Gasteiger partial charge in [0.05, 0.1) is 12.7 Å². The SMILES string of the molecule is O=C(O)C(=O)O.c1ccc2c(c1)CCc1ccccc1C21OCC(CN2CCCC2)O1. The van der Waals surface area contributed by atoms with Gasteiger partial charge in [-0.15, -0.1) is 0 Å². The van der Waals surface area contributed by atoms with E-state index in [2.05, 4.69) is 53.4 Å². The van der Waals surface area contributed by atoms with Crippen molar-refractivity contribution in [1.29, 1.82) is 0 Å². The summed E-state index contributed by atoms with van der Waals surface area (Å²) in [5, 5.41) is 14.8. The van der Waals surface area contributed by atoms with Gasteiger partial charge in [-0.25, -0.2) is 9.59 Å². The van der Waals surface area contributed by atoms with E-state index in [1.165, 1.54) is 48.2 Å². The van der Waals surface area contributed by atoms with Gasteiger partial charge >= 0.3 is 11.9 Å². The average Bonchev–Trinajstić information content (AvgIpc) is 3.41. The fraction of sp³-hybridized carbons (Fsp3) is 0.417. The Morgan fingerprint density at radius 2 is 1.42 bits per heavy atom. The molecule has 2 saturated heterocycles. The molecule has 3 aliphatic rings. The molecule has 31 heavy (non-hydrogen) atoms. The molecule has 1 atom stereocenters. The van der Waals surface area contributed by atoms with Gasteiger partial charge < -0.3 is 24.6 Å². The second-order valence-electron chi connectivity index (χ2n) is 8.10. The smallest absolute Gasteiger partial charge is 0.414 e. The maximum absolute atomic E-state index is 9.10. The number of nitrogens with zero attached hydrogens (tertiary/aromatic N) is 1. The fourth-order valence-electron chi connectivity index (χ4n) is 4.67. The van der Waals surface area contributed by atoms with Gasteiger partial charge in [-0.2, -0.15) is 0 Å². The average molecular weight is 425 g/mol. The number of carbonyl (C=O) groups is 2. The van der Waals surface area contributed by atoms with Gasteiger partial charge in [-0.1, -0.05) is 48.5 Å². The zero-order valence-corrected chi connectivity index (χ0v) is 17.3. The number of aryl methyl sites for hydroxylation is 2. The van der Waals surface area contributed by atoms with Crippen molar-refractivity contribution in [1.82, 2.24) is 4.90 Å². The number of fused-ring (bicyclic) bond motifs is 4. The Morgan fingerprint density at radius 3 is 1.94 bits per heavy atom. The Balaban J connectivity index is 0.000000342. The summed E-state index contributed by atoms with van der Waals surface area (Å²) in [6.45, 7) is 4.03. The van der Waals surface area contributed by atoms with Crippen molar-refractivity contribution in [3.05, 3.63) is 70.8 Å². The Kier molecular flexibility index (Phi) is 6.36. The number of carboxylic acids is 2. The molecule has 5 rings (SSSR count). The van der Waals surface area contributed by atoms with E-state index in [-0.39, 0.29) is 6.10 Å². The number of benzene rings is 2. The molecule has 2 aromatic carbocycles. The fourth-order valence-corrected chi connectivity index (χ4v) is 4.67. The molecule has 0 saturated carbocycles. The van der Waals surface area contributed by atoms with Gasteiger partial charge in [-0.05, 0) is 49.9 Å². The maximum Gasteiger partial charge on any atom is 0.414 e. The van der Waals surface area contributed by atoms with Crippen molar-refractivity contribution in [3.63, 3.8) is 0 Å².